The first-order valence-electron chi connectivity index (χ1n) is 9.43. The van der Waals surface area contributed by atoms with E-state index in [0.717, 1.165) is 41.5 Å². The molecular formula is C22H23ClN2O3. The molecule has 1 N–H and O–H groups in total. The number of benzene rings is 2. The van der Waals surface area contributed by atoms with E-state index in [1.54, 1.807) is 0 Å². The van der Waals surface area contributed by atoms with Crippen LogP contribution in [0.1, 0.15) is 31.0 Å². The van der Waals surface area contributed by atoms with Crippen molar-refractivity contribution >= 4 is 17.3 Å². The van der Waals surface area contributed by atoms with Crippen LogP contribution in [-0.4, -0.2) is 24.3 Å². The zero-order chi connectivity index (χ0) is 19.5. The molecule has 6 heteroatoms. The van der Waals surface area contributed by atoms with Gasteiger partial charge in [0.15, 0.2) is 5.76 Å². The first-order chi connectivity index (χ1) is 13.6. The Morgan fingerprint density at radius 3 is 2.57 bits per heavy atom. The van der Waals surface area contributed by atoms with Gasteiger partial charge in [-0.15, -0.1) is 0 Å². The minimum absolute atomic E-state index is 0.0743. The van der Waals surface area contributed by atoms with Gasteiger partial charge in [0.1, 0.15) is 17.9 Å². The molecule has 146 valence electrons. The molecule has 1 fully saturated rings. The summed E-state index contributed by atoms with van der Waals surface area (Å²) in [7, 11) is 0. The molecule has 1 saturated heterocycles. The first kappa shape index (κ1) is 18.8. The number of oxazole rings is 1. The standard InChI is InChI=1S/C22H23ClN2O3/c1-14-21(16-3-5-17(23)6-4-16)28-22(25-14)15(2)24-18-7-9-19(10-8-18)27-20-11-12-26-13-20/h3-10,15,20,24H,11-13H2,1-2H3/t15-,20+/m1/s1. The molecule has 1 aromatic heterocycles. The Bertz CT molecular complexity index is 916. The summed E-state index contributed by atoms with van der Waals surface area (Å²) < 4.78 is 17.3. The molecule has 0 unspecified atom stereocenters. The average Bonchev–Trinajstić information content (AvgIpc) is 3.34. The smallest absolute Gasteiger partial charge is 0.217 e. The van der Waals surface area contributed by atoms with E-state index in [2.05, 4.69) is 10.3 Å². The van der Waals surface area contributed by atoms with Gasteiger partial charge in [0.25, 0.3) is 0 Å². The van der Waals surface area contributed by atoms with Gasteiger partial charge in [-0.1, -0.05) is 11.6 Å². The molecule has 0 aliphatic carbocycles. The number of ether oxygens (including phenoxy) is 2. The van der Waals surface area contributed by atoms with Crippen LogP contribution in [0, 0.1) is 6.92 Å². The van der Waals surface area contributed by atoms with E-state index in [9.17, 15) is 0 Å². The van der Waals surface area contributed by atoms with E-state index in [4.69, 9.17) is 25.5 Å². The summed E-state index contributed by atoms with van der Waals surface area (Å²) in [6.07, 6.45) is 1.09. The third kappa shape index (κ3) is 4.32. The molecule has 0 bridgehead atoms. The number of anilines is 1. The predicted molar refractivity (Wildman–Crippen MR) is 110 cm³/mol. The van der Waals surface area contributed by atoms with Gasteiger partial charge in [0, 0.05) is 22.7 Å². The monoisotopic (exact) mass is 398 g/mol. The van der Waals surface area contributed by atoms with Crippen LogP contribution in [0.5, 0.6) is 5.75 Å². The summed E-state index contributed by atoms with van der Waals surface area (Å²) in [6, 6.07) is 15.4. The summed E-state index contributed by atoms with van der Waals surface area (Å²) in [4.78, 5) is 4.59. The molecule has 28 heavy (non-hydrogen) atoms. The third-order valence-electron chi connectivity index (χ3n) is 4.72. The average molecular weight is 399 g/mol. The van der Waals surface area contributed by atoms with Crippen LogP contribution < -0.4 is 10.1 Å². The second kappa shape index (κ2) is 8.25. The van der Waals surface area contributed by atoms with Crippen molar-refractivity contribution in [2.24, 2.45) is 0 Å². The molecule has 5 nitrogen and oxygen atoms in total. The molecule has 2 heterocycles. The summed E-state index contributed by atoms with van der Waals surface area (Å²) >= 11 is 5.97. The normalized spacial score (nSPS) is 17.5. The van der Waals surface area contributed by atoms with E-state index in [1.807, 2.05) is 62.4 Å². The van der Waals surface area contributed by atoms with E-state index in [-0.39, 0.29) is 12.1 Å². The Kier molecular flexibility index (Phi) is 5.55. The molecule has 3 aromatic rings. The second-order valence-corrected chi connectivity index (χ2v) is 7.40. The number of nitrogens with one attached hydrogen (secondary N) is 1. The molecule has 0 spiro atoms. The van der Waals surface area contributed by atoms with Crippen LogP contribution in [-0.2, 0) is 4.74 Å². The fraction of sp³-hybridized carbons (Fsp3) is 0.318. The number of rotatable bonds is 6. The van der Waals surface area contributed by atoms with Crippen LogP contribution >= 0.6 is 11.6 Å². The van der Waals surface area contributed by atoms with Crippen molar-refractivity contribution in [1.82, 2.24) is 4.98 Å². The topological polar surface area (TPSA) is 56.5 Å². The maximum absolute atomic E-state index is 6.03. The van der Waals surface area contributed by atoms with Gasteiger partial charge in [-0.25, -0.2) is 4.98 Å². The Hall–Kier alpha value is -2.50. The second-order valence-electron chi connectivity index (χ2n) is 6.97. The minimum atomic E-state index is -0.0743. The Morgan fingerprint density at radius 2 is 1.89 bits per heavy atom. The molecular weight excluding hydrogens is 376 g/mol. The van der Waals surface area contributed by atoms with Crippen LogP contribution in [0.4, 0.5) is 5.69 Å². The zero-order valence-corrected chi connectivity index (χ0v) is 16.7. The van der Waals surface area contributed by atoms with Crippen molar-refractivity contribution in [1.29, 1.82) is 0 Å². The molecule has 2 aromatic carbocycles. The number of aryl methyl sites for hydroxylation is 1. The highest BCUT2D eigenvalue weighted by molar-refractivity contribution is 6.30. The highest BCUT2D eigenvalue weighted by Gasteiger charge is 2.18. The molecule has 2 atom stereocenters. The van der Waals surface area contributed by atoms with Crippen LogP contribution in [0.3, 0.4) is 0 Å². The maximum atomic E-state index is 6.03. The molecule has 1 aliphatic heterocycles. The van der Waals surface area contributed by atoms with E-state index in [1.165, 1.54) is 0 Å². The van der Waals surface area contributed by atoms with Crippen LogP contribution in [0.15, 0.2) is 52.9 Å². The van der Waals surface area contributed by atoms with E-state index in [0.29, 0.717) is 17.5 Å². The van der Waals surface area contributed by atoms with Gasteiger partial charge >= 0.3 is 0 Å². The SMILES string of the molecule is Cc1nc([C@@H](C)Nc2ccc(O[C@H]3CCOC3)cc2)oc1-c1ccc(Cl)cc1. The van der Waals surface area contributed by atoms with Crippen molar-refractivity contribution in [3.63, 3.8) is 0 Å². The van der Waals surface area contributed by atoms with Gasteiger partial charge in [-0.3, -0.25) is 0 Å². The van der Waals surface area contributed by atoms with Crippen molar-refractivity contribution < 1.29 is 13.9 Å². The first-order valence-corrected chi connectivity index (χ1v) is 9.80. The van der Waals surface area contributed by atoms with Gasteiger partial charge in [0.05, 0.1) is 18.9 Å². The molecule has 1 aliphatic rings. The van der Waals surface area contributed by atoms with Crippen LogP contribution in [0.25, 0.3) is 11.3 Å². The summed E-state index contributed by atoms with van der Waals surface area (Å²) in [5, 5.41) is 4.12. The molecule has 4 rings (SSSR count). The molecule has 0 radical (unpaired) electrons. The largest absolute Gasteiger partial charge is 0.488 e. The Labute approximate surface area is 169 Å². The maximum Gasteiger partial charge on any atom is 0.217 e. The lowest BCUT2D eigenvalue weighted by Gasteiger charge is -2.14. The number of nitrogens with zero attached hydrogens (tertiary/aromatic N) is 1. The van der Waals surface area contributed by atoms with E-state index < -0.39 is 0 Å². The number of halogens is 1. The fourth-order valence-corrected chi connectivity index (χ4v) is 3.34. The Morgan fingerprint density at radius 1 is 1.14 bits per heavy atom. The third-order valence-corrected chi connectivity index (χ3v) is 4.97. The van der Waals surface area contributed by atoms with Crippen LogP contribution in [0.2, 0.25) is 5.02 Å². The van der Waals surface area contributed by atoms with Gasteiger partial charge in [-0.2, -0.15) is 0 Å². The van der Waals surface area contributed by atoms with Gasteiger partial charge in [-0.05, 0) is 62.4 Å². The lowest BCUT2D eigenvalue weighted by Crippen LogP contribution is -2.15. The summed E-state index contributed by atoms with van der Waals surface area (Å²) in [5.41, 5.74) is 2.80. The quantitative estimate of drug-likeness (QED) is 0.581. The number of hydrogen-bond donors (Lipinski definition) is 1. The lowest BCUT2D eigenvalue weighted by atomic mass is 10.1. The molecule has 0 amide bonds. The fourth-order valence-electron chi connectivity index (χ4n) is 3.21. The number of hydrogen-bond acceptors (Lipinski definition) is 5. The summed E-state index contributed by atoms with van der Waals surface area (Å²) in [6.45, 7) is 5.41. The van der Waals surface area contributed by atoms with Gasteiger partial charge in [0.2, 0.25) is 5.89 Å². The van der Waals surface area contributed by atoms with E-state index >= 15 is 0 Å². The molecule has 0 saturated carbocycles. The van der Waals surface area contributed by atoms with Crippen molar-refractivity contribution in [3.8, 4) is 17.1 Å². The predicted octanol–water partition coefficient (Wildman–Crippen LogP) is 5.64. The lowest BCUT2D eigenvalue weighted by molar-refractivity contribution is 0.141. The zero-order valence-electron chi connectivity index (χ0n) is 15.9. The van der Waals surface area contributed by atoms with Crippen molar-refractivity contribution in [2.45, 2.75) is 32.4 Å². The highest BCUT2D eigenvalue weighted by atomic mass is 35.5. The van der Waals surface area contributed by atoms with Crippen molar-refractivity contribution in [3.05, 3.63) is 65.1 Å². The van der Waals surface area contributed by atoms with Gasteiger partial charge < -0.3 is 19.2 Å². The Balaban J connectivity index is 1.42. The van der Waals surface area contributed by atoms with Crippen molar-refractivity contribution in [2.75, 3.05) is 18.5 Å². The summed E-state index contributed by atoms with van der Waals surface area (Å²) in [5.74, 6) is 2.26. The number of aromatic nitrogens is 1. The highest BCUT2D eigenvalue weighted by Crippen LogP contribution is 2.29. The minimum Gasteiger partial charge on any atom is -0.488 e.